The van der Waals surface area contributed by atoms with E-state index < -0.39 is 6.04 Å². The fourth-order valence-electron chi connectivity index (χ4n) is 4.90. The van der Waals surface area contributed by atoms with Gasteiger partial charge in [0.25, 0.3) is 11.8 Å². The van der Waals surface area contributed by atoms with E-state index in [9.17, 15) is 14.4 Å². The predicted molar refractivity (Wildman–Crippen MR) is 137 cm³/mol. The molecule has 0 bridgehead atoms. The number of benzene rings is 2. The highest BCUT2D eigenvalue weighted by Crippen LogP contribution is 2.25. The molecule has 0 radical (unpaired) electrons. The summed E-state index contributed by atoms with van der Waals surface area (Å²) in [6.07, 6.45) is 4.43. The number of hydrogen-bond acceptors (Lipinski definition) is 4. The lowest BCUT2D eigenvalue weighted by molar-refractivity contribution is -0.136. The second-order valence-corrected chi connectivity index (χ2v) is 10.1. The normalized spacial score (nSPS) is 17.5. The first-order valence-corrected chi connectivity index (χ1v) is 13.0. The molecule has 1 atom stereocenters. The highest BCUT2D eigenvalue weighted by molar-refractivity contribution is 9.10. The molecule has 2 saturated heterocycles. The van der Waals surface area contributed by atoms with E-state index in [1.54, 1.807) is 31.4 Å². The van der Waals surface area contributed by atoms with Crippen molar-refractivity contribution >= 4 is 33.7 Å². The molecule has 2 aromatic rings. The van der Waals surface area contributed by atoms with Crippen molar-refractivity contribution in [3.05, 3.63) is 64.1 Å². The number of nitrogens with zero attached hydrogens (tertiary/aromatic N) is 2. The van der Waals surface area contributed by atoms with E-state index in [-0.39, 0.29) is 23.6 Å². The number of rotatable bonds is 6. The molecule has 4 rings (SSSR count). The number of piperidine rings is 2. The Kier molecular flexibility index (Phi) is 8.44. The molecule has 2 aliphatic heterocycles. The van der Waals surface area contributed by atoms with E-state index >= 15 is 0 Å². The number of nitrogens with one attached hydrogen (secondary N) is 1. The zero-order valence-corrected chi connectivity index (χ0v) is 21.6. The van der Waals surface area contributed by atoms with Gasteiger partial charge in [0.15, 0.2) is 0 Å². The van der Waals surface area contributed by atoms with Crippen LogP contribution in [-0.4, -0.2) is 66.9 Å². The van der Waals surface area contributed by atoms with Crippen LogP contribution in [0.5, 0.6) is 5.75 Å². The largest absolute Gasteiger partial charge is 0.497 e. The predicted octanol–water partition coefficient (Wildman–Crippen LogP) is 4.12. The minimum atomic E-state index is -0.606. The maximum absolute atomic E-state index is 13.5. The lowest BCUT2D eigenvalue weighted by atomic mass is 9.87. The number of amides is 3. The zero-order chi connectivity index (χ0) is 24.8. The van der Waals surface area contributed by atoms with Gasteiger partial charge in [0.05, 0.1) is 7.11 Å². The second kappa shape index (κ2) is 11.7. The summed E-state index contributed by atoms with van der Waals surface area (Å²) in [5.41, 5.74) is 1.14. The number of halogens is 1. The van der Waals surface area contributed by atoms with Gasteiger partial charge >= 0.3 is 0 Å². The molecule has 1 N–H and O–H groups in total. The van der Waals surface area contributed by atoms with Crippen LogP contribution >= 0.6 is 15.9 Å². The molecular formula is C27H32BrN3O4. The van der Waals surface area contributed by atoms with E-state index in [1.807, 2.05) is 34.1 Å². The van der Waals surface area contributed by atoms with E-state index in [0.29, 0.717) is 42.8 Å². The van der Waals surface area contributed by atoms with Crippen molar-refractivity contribution in [2.24, 2.45) is 5.92 Å². The summed E-state index contributed by atoms with van der Waals surface area (Å²) in [6.45, 7) is 2.57. The molecule has 0 aromatic heterocycles. The van der Waals surface area contributed by atoms with E-state index in [2.05, 4.69) is 21.2 Å². The number of likely N-dealkylation sites (tertiary alicyclic amines) is 2. The van der Waals surface area contributed by atoms with E-state index in [1.165, 1.54) is 0 Å². The smallest absolute Gasteiger partial charge is 0.253 e. The van der Waals surface area contributed by atoms with Crippen LogP contribution in [0.1, 0.15) is 52.8 Å². The molecule has 0 spiro atoms. The van der Waals surface area contributed by atoms with Gasteiger partial charge in [0, 0.05) is 41.8 Å². The van der Waals surface area contributed by atoms with Crippen LogP contribution in [0.15, 0.2) is 53.0 Å². The average Bonchev–Trinajstić information content (AvgIpc) is 2.91. The van der Waals surface area contributed by atoms with Gasteiger partial charge in [-0.3, -0.25) is 14.4 Å². The van der Waals surface area contributed by atoms with Crippen molar-refractivity contribution < 1.29 is 19.1 Å². The average molecular weight is 542 g/mol. The van der Waals surface area contributed by atoms with Gasteiger partial charge < -0.3 is 19.9 Å². The summed E-state index contributed by atoms with van der Waals surface area (Å²) in [7, 11) is 1.58. The first-order valence-electron chi connectivity index (χ1n) is 12.2. The number of methoxy groups -OCH3 is 1. The maximum atomic E-state index is 13.5. The molecule has 3 amide bonds. The molecule has 186 valence electrons. The topological polar surface area (TPSA) is 79.0 Å². The molecule has 0 aliphatic carbocycles. The maximum Gasteiger partial charge on any atom is 0.253 e. The van der Waals surface area contributed by atoms with Crippen LogP contribution in [0.4, 0.5) is 0 Å². The highest BCUT2D eigenvalue weighted by atomic mass is 79.9. The number of carbonyl (C=O) groups is 3. The molecule has 2 aromatic carbocycles. The van der Waals surface area contributed by atoms with Crippen molar-refractivity contribution in [2.45, 2.75) is 38.1 Å². The molecule has 35 heavy (non-hydrogen) atoms. The Morgan fingerprint density at radius 2 is 1.60 bits per heavy atom. The summed E-state index contributed by atoms with van der Waals surface area (Å²) >= 11 is 3.43. The molecule has 8 heteroatoms. The van der Waals surface area contributed by atoms with Crippen molar-refractivity contribution in [3.8, 4) is 5.75 Å². The Labute approximate surface area is 214 Å². The summed E-state index contributed by atoms with van der Waals surface area (Å²) < 4.78 is 6.05. The van der Waals surface area contributed by atoms with Gasteiger partial charge in [0.2, 0.25) is 5.91 Å². The minimum absolute atomic E-state index is 0.00840. The molecule has 1 unspecified atom stereocenters. The van der Waals surface area contributed by atoms with Crippen LogP contribution in [0.2, 0.25) is 0 Å². The quantitative estimate of drug-likeness (QED) is 0.596. The molecular weight excluding hydrogens is 510 g/mol. The standard InChI is InChI=1S/C27H32BrN3O4/c1-35-23-10-8-20(9-11-23)25(32)29-24(27(34)30-14-3-2-4-15-30)19-12-16-31(17-13-19)26(33)21-6-5-7-22(28)18-21/h5-11,18-19,24H,2-4,12-17H2,1H3,(H,29,32). The molecule has 7 nitrogen and oxygen atoms in total. The third kappa shape index (κ3) is 6.23. The Morgan fingerprint density at radius 1 is 0.914 bits per heavy atom. The van der Waals surface area contributed by atoms with Crippen molar-refractivity contribution in [1.82, 2.24) is 15.1 Å². The SMILES string of the molecule is COc1ccc(C(=O)NC(C(=O)N2CCCCC2)C2CCN(C(=O)c3cccc(Br)c3)CC2)cc1. The van der Waals surface area contributed by atoms with Crippen LogP contribution in [0.25, 0.3) is 0 Å². The van der Waals surface area contributed by atoms with Crippen LogP contribution in [-0.2, 0) is 4.79 Å². The van der Waals surface area contributed by atoms with Gasteiger partial charge in [-0.15, -0.1) is 0 Å². The second-order valence-electron chi connectivity index (χ2n) is 9.21. The Hall–Kier alpha value is -2.87. The van der Waals surface area contributed by atoms with E-state index in [4.69, 9.17) is 4.74 Å². The molecule has 2 fully saturated rings. The zero-order valence-electron chi connectivity index (χ0n) is 20.0. The fourth-order valence-corrected chi connectivity index (χ4v) is 5.30. The number of hydrogen-bond donors (Lipinski definition) is 1. The first-order chi connectivity index (χ1) is 17.0. The monoisotopic (exact) mass is 541 g/mol. The Bertz CT molecular complexity index is 1040. The summed E-state index contributed by atoms with van der Waals surface area (Å²) in [6, 6.07) is 13.7. The fraction of sp³-hybridized carbons (Fsp3) is 0.444. The summed E-state index contributed by atoms with van der Waals surface area (Å²) in [4.78, 5) is 43.3. The van der Waals surface area contributed by atoms with Crippen molar-refractivity contribution in [3.63, 3.8) is 0 Å². The van der Waals surface area contributed by atoms with Crippen LogP contribution < -0.4 is 10.1 Å². The molecule has 2 heterocycles. The van der Waals surface area contributed by atoms with Crippen molar-refractivity contribution in [1.29, 1.82) is 0 Å². The number of carbonyl (C=O) groups excluding carboxylic acids is 3. The van der Waals surface area contributed by atoms with Crippen molar-refractivity contribution in [2.75, 3.05) is 33.3 Å². The Morgan fingerprint density at radius 3 is 2.23 bits per heavy atom. The minimum Gasteiger partial charge on any atom is -0.497 e. The highest BCUT2D eigenvalue weighted by Gasteiger charge is 2.36. The molecule has 0 saturated carbocycles. The first kappa shape index (κ1) is 25.2. The van der Waals surface area contributed by atoms with Gasteiger partial charge in [-0.25, -0.2) is 0 Å². The van der Waals surface area contributed by atoms with Gasteiger partial charge in [0.1, 0.15) is 11.8 Å². The third-order valence-electron chi connectivity index (χ3n) is 6.94. The third-order valence-corrected chi connectivity index (χ3v) is 7.44. The van der Waals surface area contributed by atoms with Gasteiger partial charge in [-0.1, -0.05) is 22.0 Å². The summed E-state index contributed by atoms with van der Waals surface area (Å²) in [5.74, 6) is 0.355. The molecule has 2 aliphatic rings. The van der Waals surface area contributed by atoms with Gasteiger partial charge in [-0.2, -0.15) is 0 Å². The van der Waals surface area contributed by atoms with Gasteiger partial charge in [-0.05, 0) is 80.5 Å². The summed E-state index contributed by atoms with van der Waals surface area (Å²) in [5, 5.41) is 3.04. The Balaban J connectivity index is 1.46. The van der Waals surface area contributed by atoms with E-state index in [0.717, 1.165) is 36.8 Å². The lowest BCUT2D eigenvalue weighted by Gasteiger charge is -2.38. The van der Waals surface area contributed by atoms with Crippen LogP contribution in [0, 0.1) is 5.92 Å². The number of ether oxygens (including phenoxy) is 1. The lowest BCUT2D eigenvalue weighted by Crippen LogP contribution is -2.55. The van der Waals surface area contributed by atoms with Crippen LogP contribution in [0.3, 0.4) is 0 Å².